The third kappa shape index (κ3) is 4.96. The van der Waals surface area contributed by atoms with Gasteiger partial charge in [0.1, 0.15) is 0 Å². The second-order valence-corrected chi connectivity index (χ2v) is 9.24. The summed E-state index contributed by atoms with van der Waals surface area (Å²) in [5.41, 5.74) is 0.225. The van der Waals surface area contributed by atoms with Gasteiger partial charge in [0.15, 0.2) is 0 Å². The second-order valence-electron chi connectivity index (χ2n) is 6.87. The van der Waals surface area contributed by atoms with Gasteiger partial charge in [-0.3, -0.25) is 19.8 Å². The van der Waals surface area contributed by atoms with Gasteiger partial charge in [-0.15, -0.1) is 0 Å². The van der Waals surface area contributed by atoms with Gasteiger partial charge < -0.3 is 5.32 Å². The van der Waals surface area contributed by atoms with Crippen LogP contribution in [-0.4, -0.2) is 60.7 Å². The van der Waals surface area contributed by atoms with E-state index in [2.05, 4.69) is 5.32 Å². The van der Waals surface area contributed by atoms with Crippen LogP contribution >= 0.6 is 11.6 Å². The van der Waals surface area contributed by atoms with E-state index in [1.54, 1.807) is 25.1 Å². The van der Waals surface area contributed by atoms with Crippen LogP contribution in [0.1, 0.15) is 6.92 Å². The Kier molecular flexibility index (Phi) is 6.71. The first kappa shape index (κ1) is 22.2. The molecule has 1 aliphatic rings. The van der Waals surface area contributed by atoms with E-state index >= 15 is 0 Å². The van der Waals surface area contributed by atoms with E-state index in [0.29, 0.717) is 23.8 Å². The standard InChI is InChI=1S/C19H21ClN4O5S/c1-14(19(25)21-16-5-3-6-17(13-16)24(26)27)22-8-10-23(11-9-22)30(28,29)18-7-2-4-15(20)12-18/h2-7,12-14H,8-11H2,1H3,(H,21,25). The Morgan fingerprint density at radius 2 is 1.80 bits per heavy atom. The third-order valence-electron chi connectivity index (χ3n) is 4.96. The van der Waals surface area contributed by atoms with Gasteiger partial charge in [-0.1, -0.05) is 23.7 Å². The van der Waals surface area contributed by atoms with E-state index in [9.17, 15) is 23.3 Å². The molecule has 1 aliphatic heterocycles. The molecule has 1 saturated heterocycles. The van der Waals surface area contributed by atoms with Crippen molar-refractivity contribution in [1.82, 2.24) is 9.21 Å². The molecule has 30 heavy (non-hydrogen) atoms. The van der Waals surface area contributed by atoms with Crippen molar-refractivity contribution < 1.29 is 18.1 Å². The van der Waals surface area contributed by atoms with Gasteiger partial charge in [-0.2, -0.15) is 4.31 Å². The maximum Gasteiger partial charge on any atom is 0.271 e. The Hall–Kier alpha value is -2.53. The van der Waals surface area contributed by atoms with Crippen molar-refractivity contribution in [2.75, 3.05) is 31.5 Å². The molecule has 1 atom stereocenters. The average Bonchev–Trinajstić information content (AvgIpc) is 2.73. The van der Waals surface area contributed by atoms with Crippen LogP contribution in [0.4, 0.5) is 11.4 Å². The number of hydrogen-bond donors (Lipinski definition) is 1. The molecule has 2 aromatic rings. The number of anilines is 1. The zero-order chi connectivity index (χ0) is 21.9. The summed E-state index contributed by atoms with van der Waals surface area (Å²) in [5, 5.41) is 13.9. The Morgan fingerprint density at radius 3 is 2.43 bits per heavy atom. The summed E-state index contributed by atoms with van der Waals surface area (Å²) in [6, 6.07) is 11.3. The molecule has 11 heteroatoms. The molecule has 0 saturated carbocycles. The highest BCUT2D eigenvalue weighted by atomic mass is 35.5. The first-order valence-corrected chi connectivity index (χ1v) is 11.1. The molecular weight excluding hydrogens is 432 g/mol. The fourth-order valence-corrected chi connectivity index (χ4v) is 4.94. The largest absolute Gasteiger partial charge is 0.324 e. The summed E-state index contributed by atoms with van der Waals surface area (Å²) in [4.78, 5) is 24.9. The quantitative estimate of drug-likeness (QED) is 0.532. The summed E-state index contributed by atoms with van der Waals surface area (Å²) < 4.78 is 27.0. The van der Waals surface area contributed by atoms with E-state index in [0.717, 1.165) is 0 Å². The predicted molar refractivity (Wildman–Crippen MR) is 113 cm³/mol. The van der Waals surface area contributed by atoms with Crippen LogP contribution in [0.2, 0.25) is 5.02 Å². The maximum atomic E-state index is 12.8. The van der Waals surface area contributed by atoms with Crippen molar-refractivity contribution in [3.05, 3.63) is 63.7 Å². The lowest BCUT2D eigenvalue weighted by atomic mass is 10.2. The number of non-ortho nitro benzene ring substituents is 1. The number of hydrogen-bond acceptors (Lipinski definition) is 6. The van der Waals surface area contributed by atoms with E-state index in [1.807, 2.05) is 4.90 Å². The molecular formula is C19H21ClN4O5S. The van der Waals surface area contributed by atoms with Gasteiger partial charge in [0.25, 0.3) is 5.69 Å². The van der Waals surface area contributed by atoms with Crippen molar-refractivity contribution >= 4 is 38.9 Å². The number of nitro groups is 1. The molecule has 1 heterocycles. The third-order valence-corrected chi connectivity index (χ3v) is 7.09. The fraction of sp³-hybridized carbons (Fsp3) is 0.316. The number of amides is 1. The van der Waals surface area contributed by atoms with Crippen molar-refractivity contribution in [3.63, 3.8) is 0 Å². The van der Waals surface area contributed by atoms with E-state index in [4.69, 9.17) is 11.6 Å². The minimum absolute atomic E-state index is 0.111. The Balaban J connectivity index is 1.61. The van der Waals surface area contributed by atoms with Crippen LogP contribution < -0.4 is 5.32 Å². The second kappa shape index (κ2) is 9.09. The van der Waals surface area contributed by atoms with Gasteiger partial charge in [-0.25, -0.2) is 8.42 Å². The zero-order valence-electron chi connectivity index (χ0n) is 16.2. The van der Waals surface area contributed by atoms with Crippen LogP contribution in [-0.2, 0) is 14.8 Å². The highest BCUT2D eigenvalue weighted by molar-refractivity contribution is 7.89. The lowest BCUT2D eigenvalue weighted by Gasteiger charge is -2.36. The first-order valence-electron chi connectivity index (χ1n) is 9.23. The topological polar surface area (TPSA) is 113 Å². The molecule has 3 rings (SSSR count). The number of rotatable bonds is 6. The van der Waals surface area contributed by atoms with Gasteiger partial charge in [0.2, 0.25) is 15.9 Å². The lowest BCUT2D eigenvalue weighted by molar-refractivity contribution is -0.384. The van der Waals surface area contributed by atoms with E-state index in [-0.39, 0.29) is 29.6 Å². The number of nitrogens with one attached hydrogen (secondary N) is 1. The minimum atomic E-state index is -3.66. The van der Waals surface area contributed by atoms with E-state index < -0.39 is 21.0 Å². The van der Waals surface area contributed by atoms with Crippen LogP contribution in [0.15, 0.2) is 53.4 Å². The Labute approximate surface area is 179 Å². The Bertz CT molecular complexity index is 1050. The van der Waals surface area contributed by atoms with Crippen LogP contribution in [0, 0.1) is 10.1 Å². The molecule has 0 radical (unpaired) electrons. The molecule has 0 bridgehead atoms. The highest BCUT2D eigenvalue weighted by Gasteiger charge is 2.32. The maximum absolute atomic E-state index is 12.8. The molecule has 1 fully saturated rings. The van der Waals surface area contributed by atoms with Crippen LogP contribution in [0.25, 0.3) is 0 Å². The highest BCUT2D eigenvalue weighted by Crippen LogP contribution is 2.22. The Morgan fingerprint density at radius 1 is 1.13 bits per heavy atom. The summed E-state index contributed by atoms with van der Waals surface area (Å²) in [7, 11) is -3.66. The smallest absolute Gasteiger partial charge is 0.271 e. The number of nitro benzene ring substituents is 1. The molecule has 1 amide bonds. The van der Waals surface area contributed by atoms with Gasteiger partial charge >= 0.3 is 0 Å². The minimum Gasteiger partial charge on any atom is -0.324 e. The number of nitrogens with zero attached hydrogens (tertiary/aromatic N) is 3. The molecule has 1 unspecified atom stereocenters. The summed E-state index contributed by atoms with van der Waals surface area (Å²) in [6.45, 7) is 2.95. The normalized spacial score (nSPS) is 16.7. The van der Waals surface area contributed by atoms with Crippen LogP contribution in [0.3, 0.4) is 0 Å². The number of sulfonamides is 1. The number of halogens is 1. The van der Waals surface area contributed by atoms with Gasteiger partial charge in [0, 0.05) is 49.0 Å². The number of carbonyl (C=O) groups excluding carboxylic acids is 1. The monoisotopic (exact) mass is 452 g/mol. The van der Waals surface area contributed by atoms with Gasteiger partial charge in [-0.05, 0) is 31.2 Å². The summed E-state index contributed by atoms with van der Waals surface area (Å²) >= 11 is 5.91. The molecule has 2 aromatic carbocycles. The van der Waals surface area contributed by atoms with Crippen molar-refractivity contribution in [2.24, 2.45) is 0 Å². The molecule has 160 valence electrons. The zero-order valence-corrected chi connectivity index (χ0v) is 17.8. The van der Waals surface area contributed by atoms with Crippen molar-refractivity contribution in [3.8, 4) is 0 Å². The fourth-order valence-electron chi connectivity index (χ4n) is 3.22. The molecule has 0 aliphatic carbocycles. The average molecular weight is 453 g/mol. The SMILES string of the molecule is CC(C(=O)Nc1cccc([N+](=O)[O-])c1)N1CCN(S(=O)(=O)c2cccc(Cl)c2)CC1. The van der Waals surface area contributed by atoms with Crippen LogP contribution in [0.5, 0.6) is 0 Å². The van der Waals surface area contributed by atoms with Crippen molar-refractivity contribution in [1.29, 1.82) is 0 Å². The predicted octanol–water partition coefficient (Wildman–Crippen LogP) is 2.58. The lowest BCUT2D eigenvalue weighted by Crippen LogP contribution is -2.53. The summed E-state index contributed by atoms with van der Waals surface area (Å²) in [6.07, 6.45) is 0. The molecule has 0 spiro atoms. The first-order chi connectivity index (χ1) is 14.2. The van der Waals surface area contributed by atoms with Crippen molar-refractivity contribution in [2.45, 2.75) is 17.9 Å². The molecule has 0 aromatic heterocycles. The van der Waals surface area contributed by atoms with Gasteiger partial charge in [0.05, 0.1) is 15.9 Å². The molecule has 1 N–H and O–H groups in total. The number of piperazine rings is 1. The number of carbonyl (C=O) groups is 1. The summed E-state index contributed by atoms with van der Waals surface area (Å²) in [5.74, 6) is -0.318. The number of benzene rings is 2. The molecule has 9 nitrogen and oxygen atoms in total. The van der Waals surface area contributed by atoms with E-state index in [1.165, 1.54) is 34.6 Å².